The summed E-state index contributed by atoms with van der Waals surface area (Å²) >= 11 is 7.77. The van der Waals surface area contributed by atoms with Gasteiger partial charge in [0.1, 0.15) is 10.9 Å². The Hall–Kier alpha value is -1.84. The number of amides is 2. The molecule has 26 heavy (non-hydrogen) atoms. The molecule has 6 nitrogen and oxygen atoms in total. The van der Waals surface area contributed by atoms with Crippen molar-refractivity contribution < 1.29 is 19.5 Å². The molecule has 1 heterocycles. The molecule has 0 bridgehead atoms. The van der Waals surface area contributed by atoms with Gasteiger partial charge in [0.05, 0.1) is 16.9 Å². The van der Waals surface area contributed by atoms with Crippen LogP contribution in [0.3, 0.4) is 0 Å². The van der Waals surface area contributed by atoms with E-state index >= 15 is 0 Å². The third kappa shape index (κ3) is 5.58. The first-order valence-corrected chi connectivity index (χ1v) is 10.3. The number of benzene rings is 1. The number of thiocarbonyl (C=S) groups is 1. The Labute approximate surface area is 165 Å². The molecule has 9 heteroatoms. The van der Waals surface area contributed by atoms with Crippen LogP contribution in [0.2, 0.25) is 0 Å². The number of rotatable bonds is 8. The summed E-state index contributed by atoms with van der Waals surface area (Å²) in [6.45, 7) is -0.320. The minimum absolute atomic E-state index is 0.252. The van der Waals surface area contributed by atoms with E-state index in [9.17, 15) is 19.5 Å². The smallest absolute Gasteiger partial charge is 0.266 e. The molecule has 0 aliphatic carbocycles. The third-order valence-electron chi connectivity index (χ3n) is 3.50. The van der Waals surface area contributed by atoms with Gasteiger partial charge in [-0.05, 0) is 30.1 Å². The highest BCUT2D eigenvalue weighted by Crippen LogP contribution is 2.32. The molecule has 0 aromatic heterocycles. The van der Waals surface area contributed by atoms with E-state index in [0.717, 1.165) is 17.3 Å². The number of carbonyl (C=O) groups excluding carboxylic acids is 3. The zero-order valence-electron chi connectivity index (χ0n) is 14.0. The zero-order valence-corrected chi connectivity index (χ0v) is 16.4. The number of hydrogen-bond acceptors (Lipinski definition) is 7. The minimum Gasteiger partial charge on any atom is -0.548 e. The van der Waals surface area contributed by atoms with Crippen LogP contribution in [0.15, 0.2) is 35.2 Å². The van der Waals surface area contributed by atoms with Gasteiger partial charge in [-0.3, -0.25) is 14.5 Å². The van der Waals surface area contributed by atoms with Crippen LogP contribution in [0.1, 0.15) is 12.0 Å². The first-order chi connectivity index (χ1) is 12.4. The van der Waals surface area contributed by atoms with Crippen LogP contribution < -0.4 is 10.4 Å². The van der Waals surface area contributed by atoms with Crippen LogP contribution in [-0.4, -0.2) is 51.6 Å². The fourth-order valence-corrected chi connectivity index (χ4v) is 3.93. The van der Waals surface area contributed by atoms with E-state index in [1.807, 2.05) is 36.6 Å². The van der Waals surface area contributed by atoms with Crippen LogP contribution in [0.25, 0.3) is 6.08 Å². The highest BCUT2D eigenvalue weighted by atomic mass is 32.2. The number of nitrogens with zero attached hydrogens (tertiary/aromatic N) is 1. The summed E-state index contributed by atoms with van der Waals surface area (Å²) < 4.78 is 0.265. The molecule has 2 amide bonds. The van der Waals surface area contributed by atoms with Crippen molar-refractivity contribution in [1.29, 1.82) is 0 Å². The molecule has 0 saturated carbocycles. The van der Waals surface area contributed by atoms with E-state index in [2.05, 4.69) is 5.32 Å². The normalized spacial score (nSPS) is 16.8. The summed E-state index contributed by atoms with van der Waals surface area (Å²) in [5.41, 5.74) is 0.853. The molecular weight excluding hydrogens is 392 g/mol. The third-order valence-corrected chi connectivity index (χ3v) is 5.52. The van der Waals surface area contributed by atoms with E-state index in [-0.39, 0.29) is 23.2 Å². The van der Waals surface area contributed by atoms with E-state index in [0.29, 0.717) is 10.7 Å². The van der Waals surface area contributed by atoms with Gasteiger partial charge in [0.15, 0.2) is 0 Å². The molecule has 1 fully saturated rings. The highest BCUT2D eigenvalue weighted by Gasteiger charge is 2.33. The number of hydrogen-bond donors (Lipinski definition) is 1. The van der Waals surface area contributed by atoms with Gasteiger partial charge in [-0.1, -0.05) is 54.3 Å². The second-order valence-corrected chi connectivity index (χ2v) is 8.06. The molecule has 1 aromatic carbocycles. The Bertz CT molecular complexity index is 737. The summed E-state index contributed by atoms with van der Waals surface area (Å²) in [5, 5.41) is 13.5. The van der Waals surface area contributed by atoms with Crippen molar-refractivity contribution in [2.75, 3.05) is 18.6 Å². The van der Waals surface area contributed by atoms with Crippen LogP contribution in [-0.2, 0) is 14.4 Å². The van der Waals surface area contributed by atoms with Gasteiger partial charge in [0.25, 0.3) is 5.91 Å². The van der Waals surface area contributed by atoms with Gasteiger partial charge in [-0.15, -0.1) is 0 Å². The van der Waals surface area contributed by atoms with Crippen molar-refractivity contribution in [3.63, 3.8) is 0 Å². The van der Waals surface area contributed by atoms with Gasteiger partial charge < -0.3 is 15.2 Å². The monoisotopic (exact) mass is 409 g/mol. The fraction of sp³-hybridized carbons (Fsp3) is 0.294. The van der Waals surface area contributed by atoms with Gasteiger partial charge in [-0.2, -0.15) is 11.8 Å². The Morgan fingerprint density at radius 1 is 1.38 bits per heavy atom. The van der Waals surface area contributed by atoms with Crippen molar-refractivity contribution in [3.05, 3.63) is 40.8 Å². The predicted molar refractivity (Wildman–Crippen MR) is 106 cm³/mol. The SMILES string of the molecule is CSCC[C@H](NC(=O)CN1C(=O)/C(=C/c2ccccc2)SC1=S)C(=O)[O-]. The Morgan fingerprint density at radius 2 is 2.08 bits per heavy atom. The lowest BCUT2D eigenvalue weighted by Crippen LogP contribution is -2.51. The second-order valence-electron chi connectivity index (χ2n) is 5.40. The number of aliphatic carboxylic acids is 1. The quantitative estimate of drug-likeness (QED) is 0.503. The highest BCUT2D eigenvalue weighted by molar-refractivity contribution is 8.26. The van der Waals surface area contributed by atoms with Crippen molar-refractivity contribution in [2.24, 2.45) is 0 Å². The Kier molecular flexibility index (Phi) is 7.67. The Balaban J connectivity index is 2.01. The van der Waals surface area contributed by atoms with Crippen molar-refractivity contribution in [2.45, 2.75) is 12.5 Å². The molecule has 0 spiro atoms. The zero-order chi connectivity index (χ0) is 19.1. The molecule has 1 aliphatic heterocycles. The number of carboxylic acids is 1. The first kappa shape index (κ1) is 20.5. The van der Waals surface area contributed by atoms with E-state index in [1.54, 1.807) is 6.08 Å². The largest absolute Gasteiger partial charge is 0.548 e. The van der Waals surface area contributed by atoms with E-state index in [4.69, 9.17) is 12.2 Å². The second kappa shape index (κ2) is 9.75. The topological polar surface area (TPSA) is 89.5 Å². The molecule has 0 radical (unpaired) electrons. The number of carbonyl (C=O) groups is 3. The summed E-state index contributed by atoms with van der Waals surface area (Å²) in [4.78, 5) is 37.3. The molecule has 1 atom stereocenters. The van der Waals surface area contributed by atoms with Crippen LogP contribution in [0.5, 0.6) is 0 Å². The maximum absolute atomic E-state index is 12.5. The maximum atomic E-state index is 12.5. The number of thioether (sulfide) groups is 2. The fourth-order valence-electron chi connectivity index (χ4n) is 2.21. The van der Waals surface area contributed by atoms with Crippen molar-refractivity contribution >= 4 is 63.9 Å². The van der Waals surface area contributed by atoms with Crippen LogP contribution >= 0.6 is 35.7 Å². The average molecular weight is 410 g/mol. The number of nitrogens with one attached hydrogen (secondary N) is 1. The summed E-state index contributed by atoms with van der Waals surface area (Å²) in [7, 11) is 0. The van der Waals surface area contributed by atoms with E-state index < -0.39 is 17.9 Å². The summed E-state index contributed by atoms with van der Waals surface area (Å²) in [5.74, 6) is -1.73. The molecule has 138 valence electrons. The van der Waals surface area contributed by atoms with Gasteiger partial charge in [0.2, 0.25) is 5.91 Å². The standard InChI is InChI=1S/C17H18N2O4S3/c1-25-8-7-12(16(22)23)18-14(20)10-19-15(21)13(26-17(19)24)9-11-5-3-2-4-6-11/h2-6,9,12H,7-8,10H2,1H3,(H,18,20)(H,22,23)/p-1/b13-9-/t12-/m0/s1. The predicted octanol–water partition coefficient (Wildman–Crippen LogP) is 0.876. The van der Waals surface area contributed by atoms with Crippen molar-refractivity contribution in [1.82, 2.24) is 10.2 Å². The van der Waals surface area contributed by atoms with Gasteiger partial charge in [0, 0.05) is 0 Å². The summed E-state index contributed by atoms with van der Waals surface area (Å²) in [6, 6.07) is 8.21. The average Bonchev–Trinajstić information content (AvgIpc) is 2.86. The lowest BCUT2D eigenvalue weighted by molar-refractivity contribution is -0.308. The van der Waals surface area contributed by atoms with Gasteiger partial charge in [-0.25, -0.2) is 0 Å². The van der Waals surface area contributed by atoms with Crippen LogP contribution in [0.4, 0.5) is 0 Å². The van der Waals surface area contributed by atoms with E-state index in [1.165, 1.54) is 16.7 Å². The molecule has 1 N–H and O–H groups in total. The minimum atomic E-state index is -1.35. The molecule has 1 aliphatic rings. The molecule has 0 unspecified atom stereocenters. The molecule has 1 aromatic rings. The first-order valence-electron chi connectivity index (χ1n) is 7.72. The lowest BCUT2D eigenvalue weighted by Gasteiger charge is -2.21. The molecular formula is C17H17N2O4S3-. The summed E-state index contributed by atoms with van der Waals surface area (Å²) in [6.07, 6.45) is 3.80. The number of carboxylic acid groups (broad SMARTS) is 1. The lowest BCUT2D eigenvalue weighted by atomic mass is 10.2. The maximum Gasteiger partial charge on any atom is 0.266 e. The molecule has 2 rings (SSSR count). The Morgan fingerprint density at radius 3 is 2.69 bits per heavy atom. The molecule has 1 saturated heterocycles. The van der Waals surface area contributed by atoms with Gasteiger partial charge >= 0.3 is 0 Å². The van der Waals surface area contributed by atoms with Crippen molar-refractivity contribution in [3.8, 4) is 0 Å². The van der Waals surface area contributed by atoms with Crippen LogP contribution in [0, 0.1) is 0 Å².